The topological polar surface area (TPSA) is 66.4 Å². The van der Waals surface area contributed by atoms with Crippen LogP contribution >= 0.6 is 23.2 Å². The van der Waals surface area contributed by atoms with Crippen molar-refractivity contribution in [2.45, 2.75) is 31.7 Å². The Kier molecular flexibility index (Phi) is 4.55. The molecule has 0 heterocycles. The van der Waals surface area contributed by atoms with E-state index in [0.717, 1.165) is 5.56 Å². The van der Waals surface area contributed by atoms with Gasteiger partial charge < -0.3 is 10.4 Å². The number of hydrogen-bond donors (Lipinski definition) is 2. The Labute approximate surface area is 127 Å². The smallest absolute Gasteiger partial charge is 0.326 e. The maximum Gasteiger partial charge on any atom is 0.326 e. The van der Waals surface area contributed by atoms with Crippen LogP contribution in [0.2, 0.25) is 10.0 Å². The lowest BCUT2D eigenvalue weighted by Gasteiger charge is -2.12. The first-order chi connectivity index (χ1) is 9.42. The Morgan fingerprint density at radius 2 is 1.95 bits per heavy atom. The molecule has 0 aromatic heterocycles. The minimum Gasteiger partial charge on any atom is -0.480 e. The fraction of sp³-hybridized carbons (Fsp3) is 0.429. The molecule has 1 amide bonds. The molecule has 20 heavy (non-hydrogen) atoms. The van der Waals surface area contributed by atoms with Crippen LogP contribution in [0.25, 0.3) is 0 Å². The molecule has 1 aromatic rings. The van der Waals surface area contributed by atoms with Crippen LogP contribution in [0.15, 0.2) is 18.2 Å². The summed E-state index contributed by atoms with van der Waals surface area (Å²) in [4.78, 5) is 22.9. The summed E-state index contributed by atoms with van der Waals surface area (Å²) in [5, 5.41) is 12.6. The van der Waals surface area contributed by atoms with Crippen LogP contribution in [0.4, 0.5) is 0 Å². The maximum absolute atomic E-state index is 12.0. The highest BCUT2D eigenvalue weighted by atomic mass is 35.5. The number of nitrogens with one attached hydrogen (secondary N) is 1. The number of rotatable bonds is 5. The number of aliphatic carboxylic acids is 1. The van der Waals surface area contributed by atoms with Crippen LogP contribution in [-0.4, -0.2) is 23.0 Å². The third-order valence-corrected chi connectivity index (χ3v) is 3.90. The largest absolute Gasteiger partial charge is 0.480 e. The molecule has 1 saturated carbocycles. The molecule has 2 N–H and O–H groups in total. The number of carboxylic acids is 1. The van der Waals surface area contributed by atoms with Gasteiger partial charge in [-0.2, -0.15) is 0 Å². The molecule has 0 saturated heterocycles. The predicted octanol–water partition coefficient (Wildman–Crippen LogP) is 3.08. The number of halogens is 2. The number of hydrogen-bond acceptors (Lipinski definition) is 2. The predicted molar refractivity (Wildman–Crippen MR) is 77.2 cm³/mol. The summed E-state index contributed by atoms with van der Waals surface area (Å²) >= 11 is 11.9. The molecular formula is C14H15Cl2NO3. The summed E-state index contributed by atoms with van der Waals surface area (Å²) in [6.07, 6.45) is 1.06. The standard InChI is InChI=1S/C14H15Cl2NO3/c1-2-12(14(19)20)17-13(18)11-6-10(11)7-3-8(15)5-9(16)4-7/h3-5,10-12H,2,6H2,1H3,(H,17,18)(H,19,20). The van der Waals surface area contributed by atoms with Gasteiger partial charge in [0.2, 0.25) is 5.91 Å². The van der Waals surface area contributed by atoms with E-state index in [0.29, 0.717) is 22.9 Å². The third kappa shape index (κ3) is 3.44. The molecule has 3 atom stereocenters. The van der Waals surface area contributed by atoms with Crippen molar-refractivity contribution in [1.29, 1.82) is 0 Å². The van der Waals surface area contributed by atoms with Crippen LogP contribution in [0.3, 0.4) is 0 Å². The number of carbonyl (C=O) groups is 2. The van der Waals surface area contributed by atoms with Crippen LogP contribution in [0, 0.1) is 5.92 Å². The second-order valence-corrected chi connectivity index (χ2v) is 5.83. The summed E-state index contributed by atoms with van der Waals surface area (Å²) in [6.45, 7) is 1.72. The van der Waals surface area contributed by atoms with Crippen LogP contribution in [-0.2, 0) is 9.59 Å². The first kappa shape index (κ1) is 15.1. The van der Waals surface area contributed by atoms with Crippen molar-refractivity contribution >= 4 is 35.1 Å². The monoisotopic (exact) mass is 315 g/mol. The van der Waals surface area contributed by atoms with E-state index in [4.69, 9.17) is 28.3 Å². The van der Waals surface area contributed by atoms with Gasteiger partial charge in [-0.25, -0.2) is 4.79 Å². The molecule has 0 aliphatic heterocycles. The van der Waals surface area contributed by atoms with Crippen molar-refractivity contribution in [3.63, 3.8) is 0 Å². The van der Waals surface area contributed by atoms with Crippen molar-refractivity contribution in [3.8, 4) is 0 Å². The number of benzene rings is 1. The Hall–Kier alpha value is -1.26. The van der Waals surface area contributed by atoms with Crippen LogP contribution in [0.1, 0.15) is 31.2 Å². The van der Waals surface area contributed by atoms with Crippen molar-refractivity contribution in [1.82, 2.24) is 5.32 Å². The lowest BCUT2D eigenvalue weighted by atomic mass is 10.1. The van der Waals surface area contributed by atoms with E-state index in [1.807, 2.05) is 0 Å². The molecule has 4 nitrogen and oxygen atoms in total. The first-order valence-electron chi connectivity index (χ1n) is 6.41. The number of carbonyl (C=O) groups excluding carboxylic acids is 1. The summed E-state index contributed by atoms with van der Waals surface area (Å²) < 4.78 is 0. The molecule has 1 aromatic carbocycles. The normalized spacial score (nSPS) is 22.1. The minimum absolute atomic E-state index is 0.0671. The molecular weight excluding hydrogens is 301 g/mol. The Morgan fingerprint density at radius 3 is 2.45 bits per heavy atom. The fourth-order valence-corrected chi connectivity index (χ4v) is 2.80. The highest BCUT2D eigenvalue weighted by Crippen LogP contribution is 2.48. The van der Waals surface area contributed by atoms with E-state index < -0.39 is 12.0 Å². The van der Waals surface area contributed by atoms with Gasteiger partial charge in [-0.15, -0.1) is 0 Å². The molecule has 1 fully saturated rings. The molecule has 0 spiro atoms. The van der Waals surface area contributed by atoms with Crippen molar-refractivity contribution < 1.29 is 14.7 Å². The second kappa shape index (κ2) is 6.02. The number of carboxylic acid groups (broad SMARTS) is 1. The minimum atomic E-state index is -1.01. The molecule has 0 bridgehead atoms. The van der Waals surface area contributed by atoms with Crippen molar-refractivity contribution in [2.24, 2.45) is 5.92 Å². The van der Waals surface area contributed by atoms with E-state index in [9.17, 15) is 9.59 Å². The van der Waals surface area contributed by atoms with Gasteiger partial charge in [0.05, 0.1) is 0 Å². The van der Waals surface area contributed by atoms with Gasteiger partial charge in [-0.3, -0.25) is 4.79 Å². The van der Waals surface area contributed by atoms with Gasteiger partial charge in [-0.05, 0) is 42.5 Å². The molecule has 108 valence electrons. The molecule has 3 unspecified atom stereocenters. The molecule has 6 heteroatoms. The van der Waals surface area contributed by atoms with E-state index in [2.05, 4.69) is 5.32 Å². The third-order valence-electron chi connectivity index (χ3n) is 3.46. The fourth-order valence-electron chi connectivity index (χ4n) is 2.26. The van der Waals surface area contributed by atoms with Crippen LogP contribution < -0.4 is 5.32 Å². The maximum atomic E-state index is 12.0. The van der Waals surface area contributed by atoms with E-state index in [1.54, 1.807) is 25.1 Å². The van der Waals surface area contributed by atoms with Crippen molar-refractivity contribution in [3.05, 3.63) is 33.8 Å². The average molecular weight is 316 g/mol. The zero-order valence-corrected chi connectivity index (χ0v) is 12.4. The van der Waals surface area contributed by atoms with Gasteiger partial charge in [0.1, 0.15) is 6.04 Å². The Bertz CT molecular complexity index is 527. The highest BCUT2D eigenvalue weighted by Gasteiger charge is 2.44. The highest BCUT2D eigenvalue weighted by molar-refractivity contribution is 6.34. The summed E-state index contributed by atoms with van der Waals surface area (Å²) in [5.74, 6) is -1.36. The summed E-state index contributed by atoms with van der Waals surface area (Å²) in [6, 6.07) is 4.40. The molecule has 0 radical (unpaired) electrons. The van der Waals surface area contributed by atoms with Crippen molar-refractivity contribution in [2.75, 3.05) is 0 Å². The average Bonchev–Trinajstić information content (AvgIpc) is 3.14. The molecule has 1 aliphatic rings. The lowest BCUT2D eigenvalue weighted by molar-refractivity contribution is -0.142. The zero-order chi connectivity index (χ0) is 14.9. The zero-order valence-electron chi connectivity index (χ0n) is 10.9. The van der Waals surface area contributed by atoms with Gasteiger partial charge >= 0.3 is 5.97 Å². The first-order valence-corrected chi connectivity index (χ1v) is 7.17. The van der Waals surface area contributed by atoms with Crippen LogP contribution in [0.5, 0.6) is 0 Å². The quantitative estimate of drug-likeness (QED) is 0.877. The second-order valence-electron chi connectivity index (χ2n) is 4.96. The van der Waals surface area contributed by atoms with Gasteiger partial charge in [0.25, 0.3) is 0 Å². The lowest BCUT2D eigenvalue weighted by Crippen LogP contribution is -2.41. The Balaban J connectivity index is 2.00. The van der Waals surface area contributed by atoms with Gasteiger partial charge in [-0.1, -0.05) is 30.1 Å². The van der Waals surface area contributed by atoms with E-state index >= 15 is 0 Å². The summed E-state index contributed by atoms with van der Waals surface area (Å²) in [7, 11) is 0. The van der Waals surface area contributed by atoms with Gasteiger partial charge in [0.15, 0.2) is 0 Å². The summed E-state index contributed by atoms with van der Waals surface area (Å²) in [5.41, 5.74) is 0.922. The van der Waals surface area contributed by atoms with E-state index in [1.165, 1.54) is 0 Å². The van der Waals surface area contributed by atoms with Gasteiger partial charge in [0, 0.05) is 16.0 Å². The SMILES string of the molecule is CCC(NC(=O)C1CC1c1cc(Cl)cc(Cl)c1)C(=O)O. The Morgan fingerprint density at radius 1 is 1.35 bits per heavy atom. The number of amides is 1. The molecule has 2 rings (SSSR count). The molecule has 1 aliphatic carbocycles. The van der Waals surface area contributed by atoms with E-state index in [-0.39, 0.29) is 17.7 Å².